The van der Waals surface area contributed by atoms with E-state index >= 15 is 0 Å². The summed E-state index contributed by atoms with van der Waals surface area (Å²) in [7, 11) is 1.56. The van der Waals surface area contributed by atoms with Gasteiger partial charge < -0.3 is 9.64 Å². The van der Waals surface area contributed by atoms with Crippen molar-refractivity contribution in [3.63, 3.8) is 0 Å². The molecule has 0 fully saturated rings. The van der Waals surface area contributed by atoms with Crippen LogP contribution in [0, 0.1) is 5.82 Å². The van der Waals surface area contributed by atoms with Crippen molar-refractivity contribution in [3.8, 4) is 0 Å². The maximum absolute atomic E-state index is 12.6. The minimum atomic E-state index is -0.314. The van der Waals surface area contributed by atoms with Crippen molar-refractivity contribution in [2.75, 3.05) is 25.2 Å². The Morgan fingerprint density at radius 1 is 1.43 bits per heavy atom. The van der Waals surface area contributed by atoms with Crippen LogP contribution in [0.15, 0.2) is 24.3 Å². The zero-order valence-corrected chi connectivity index (χ0v) is 7.94. The number of methoxy groups -OCH3 is 1. The van der Waals surface area contributed by atoms with Crippen molar-refractivity contribution in [1.82, 2.24) is 0 Å². The van der Waals surface area contributed by atoms with Crippen LogP contribution in [0.4, 0.5) is 10.1 Å². The molecular weight excluding hydrogens is 185 g/mol. The normalized spacial score (nSPS) is 9.86. The molecule has 3 nitrogen and oxygen atoms in total. The molecule has 4 heteroatoms. The number of halogens is 1. The Hall–Kier alpha value is -1.42. The van der Waals surface area contributed by atoms with Gasteiger partial charge in [0.25, 0.3) is 0 Å². The lowest BCUT2D eigenvalue weighted by atomic mass is 10.3. The number of amides is 1. The number of hydrogen-bond acceptors (Lipinski definition) is 2. The Balaban J connectivity index is 2.68. The number of carbonyl (C=O) groups is 1. The van der Waals surface area contributed by atoms with Crippen LogP contribution in [0.3, 0.4) is 0 Å². The first-order valence-electron chi connectivity index (χ1n) is 4.24. The number of ether oxygens (including phenoxy) is 1. The lowest BCUT2D eigenvalue weighted by Gasteiger charge is -2.16. The van der Waals surface area contributed by atoms with E-state index in [2.05, 4.69) is 0 Å². The van der Waals surface area contributed by atoms with E-state index in [1.54, 1.807) is 19.2 Å². The summed E-state index contributed by atoms with van der Waals surface area (Å²) < 4.78 is 17.4. The Morgan fingerprint density at radius 3 is 2.57 bits per heavy atom. The maximum atomic E-state index is 12.6. The fourth-order valence-electron chi connectivity index (χ4n) is 1.06. The molecule has 1 aromatic carbocycles. The quantitative estimate of drug-likeness (QED) is 0.668. The van der Waals surface area contributed by atoms with Crippen molar-refractivity contribution in [1.29, 1.82) is 0 Å². The summed E-state index contributed by atoms with van der Waals surface area (Å²) in [5.41, 5.74) is 0.665. The molecule has 0 radical (unpaired) electrons. The molecule has 0 saturated carbocycles. The van der Waals surface area contributed by atoms with Gasteiger partial charge in [-0.1, -0.05) is 0 Å². The highest BCUT2D eigenvalue weighted by Crippen LogP contribution is 2.12. The van der Waals surface area contributed by atoms with Gasteiger partial charge in [0.1, 0.15) is 5.82 Å². The first-order valence-corrected chi connectivity index (χ1v) is 4.24. The standard InChI is InChI=1S/C10H12FNO2/c1-14-7-6-12(8-13)10-4-2-9(11)3-5-10/h2-5,8H,6-7H2,1H3. The molecule has 0 N–H and O–H groups in total. The van der Waals surface area contributed by atoms with Crippen LogP contribution in [-0.2, 0) is 9.53 Å². The van der Waals surface area contributed by atoms with E-state index in [0.717, 1.165) is 0 Å². The smallest absolute Gasteiger partial charge is 0.214 e. The molecule has 14 heavy (non-hydrogen) atoms. The van der Waals surface area contributed by atoms with Crippen molar-refractivity contribution in [3.05, 3.63) is 30.1 Å². The van der Waals surface area contributed by atoms with Crippen LogP contribution in [0.2, 0.25) is 0 Å². The topological polar surface area (TPSA) is 29.5 Å². The van der Waals surface area contributed by atoms with E-state index in [0.29, 0.717) is 25.2 Å². The van der Waals surface area contributed by atoms with Crippen LogP contribution in [-0.4, -0.2) is 26.7 Å². The van der Waals surface area contributed by atoms with E-state index in [1.807, 2.05) is 0 Å². The van der Waals surface area contributed by atoms with Gasteiger partial charge in [0.2, 0.25) is 6.41 Å². The largest absolute Gasteiger partial charge is 0.383 e. The van der Waals surface area contributed by atoms with Crippen LogP contribution in [0.5, 0.6) is 0 Å². The van der Waals surface area contributed by atoms with E-state index in [-0.39, 0.29) is 5.82 Å². The maximum Gasteiger partial charge on any atom is 0.214 e. The molecule has 0 aliphatic carbocycles. The van der Waals surface area contributed by atoms with Crippen molar-refractivity contribution < 1.29 is 13.9 Å². The number of hydrogen-bond donors (Lipinski definition) is 0. The van der Waals surface area contributed by atoms with Gasteiger partial charge in [0.05, 0.1) is 6.61 Å². The number of benzene rings is 1. The number of rotatable bonds is 5. The average molecular weight is 197 g/mol. The summed E-state index contributed by atoms with van der Waals surface area (Å²) in [5.74, 6) is -0.314. The summed E-state index contributed by atoms with van der Waals surface area (Å²) >= 11 is 0. The first kappa shape index (κ1) is 10.7. The molecule has 0 aliphatic rings. The zero-order chi connectivity index (χ0) is 10.4. The van der Waals surface area contributed by atoms with Crippen LogP contribution in [0.1, 0.15) is 0 Å². The fraction of sp³-hybridized carbons (Fsp3) is 0.300. The monoisotopic (exact) mass is 197 g/mol. The minimum Gasteiger partial charge on any atom is -0.383 e. The zero-order valence-electron chi connectivity index (χ0n) is 7.94. The fourth-order valence-corrected chi connectivity index (χ4v) is 1.06. The summed E-state index contributed by atoms with van der Waals surface area (Å²) in [5, 5.41) is 0. The molecular formula is C10H12FNO2. The molecule has 0 aromatic heterocycles. The van der Waals surface area contributed by atoms with Gasteiger partial charge in [-0.15, -0.1) is 0 Å². The lowest BCUT2D eigenvalue weighted by molar-refractivity contribution is -0.107. The molecule has 76 valence electrons. The number of carbonyl (C=O) groups excluding carboxylic acids is 1. The van der Waals surface area contributed by atoms with Gasteiger partial charge in [-0.05, 0) is 24.3 Å². The van der Waals surface area contributed by atoms with E-state index in [9.17, 15) is 9.18 Å². The average Bonchev–Trinajstić information content (AvgIpc) is 2.21. The molecule has 0 atom stereocenters. The van der Waals surface area contributed by atoms with Crippen molar-refractivity contribution in [2.24, 2.45) is 0 Å². The van der Waals surface area contributed by atoms with Gasteiger partial charge in [-0.3, -0.25) is 4.79 Å². The Labute approximate surface area is 82.1 Å². The first-order chi connectivity index (χ1) is 6.77. The summed E-state index contributed by atoms with van der Waals surface area (Å²) in [6, 6.07) is 5.75. The Morgan fingerprint density at radius 2 is 2.07 bits per heavy atom. The third-order valence-electron chi connectivity index (χ3n) is 1.82. The van der Waals surface area contributed by atoms with Gasteiger partial charge in [0.15, 0.2) is 0 Å². The molecule has 0 aliphatic heterocycles. The molecule has 0 spiro atoms. The second kappa shape index (κ2) is 5.34. The Kier molecular flexibility index (Phi) is 4.07. The third-order valence-corrected chi connectivity index (χ3v) is 1.82. The van der Waals surface area contributed by atoms with E-state index in [1.165, 1.54) is 17.0 Å². The number of nitrogens with zero attached hydrogens (tertiary/aromatic N) is 1. The molecule has 1 amide bonds. The predicted octanol–water partition coefficient (Wildman–Crippen LogP) is 1.43. The van der Waals surface area contributed by atoms with Crippen molar-refractivity contribution >= 4 is 12.1 Å². The number of anilines is 1. The summed E-state index contributed by atoms with van der Waals surface area (Å²) in [6.07, 6.45) is 0.701. The Bertz CT molecular complexity index is 287. The lowest BCUT2D eigenvalue weighted by Crippen LogP contribution is -2.25. The molecule has 0 saturated heterocycles. The van der Waals surface area contributed by atoms with Gasteiger partial charge in [-0.2, -0.15) is 0 Å². The third kappa shape index (κ3) is 2.81. The van der Waals surface area contributed by atoms with E-state index in [4.69, 9.17) is 4.74 Å². The summed E-state index contributed by atoms with van der Waals surface area (Å²) in [6.45, 7) is 0.918. The molecule has 0 bridgehead atoms. The second-order valence-electron chi connectivity index (χ2n) is 2.77. The molecule has 0 heterocycles. The molecule has 1 rings (SSSR count). The molecule has 0 unspecified atom stereocenters. The highest BCUT2D eigenvalue weighted by molar-refractivity contribution is 5.74. The van der Waals surface area contributed by atoms with Crippen molar-refractivity contribution in [2.45, 2.75) is 0 Å². The van der Waals surface area contributed by atoms with Crippen LogP contribution >= 0.6 is 0 Å². The minimum absolute atomic E-state index is 0.314. The summed E-state index contributed by atoms with van der Waals surface area (Å²) in [4.78, 5) is 12.1. The van der Waals surface area contributed by atoms with E-state index < -0.39 is 0 Å². The van der Waals surface area contributed by atoms with Gasteiger partial charge in [-0.25, -0.2) is 4.39 Å². The molecule has 1 aromatic rings. The van der Waals surface area contributed by atoms with Gasteiger partial charge in [0, 0.05) is 19.3 Å². The second-order valence-corrected chi connectivity index (χ2v) is 2.77. The van der Waals surface area contributed by atoms with Crippen LogP contribution in [0.25, 0.3) is 0 Å². The SMILES string of the molecule is COCCN(C=O)c1ccc(F)cc1. The highest BCUT2D eigenvalue weighted by atomic mass is 19.1. The van der Waals surface area contributed by atoms with Crippen LogP contribution < -0.4 is 4.90 Å². The predicted molar refractivity (Wildman–Crippen MR) is 51.7 cm³/mol. The highest BCUT2D eigenvalue weighted by Gasteiger charge is 2.03. The van der Waals surface area contributed by atoms with Gasteiger partial charge >= 0.3 is 0 Å².